The van der Waals surface area contributed by atoms with Crippen molar-refractivity contribution >= 4 is 5.97 Å². The lowest BCUT2D eigenvalue weighted by molar-refractivity contribution is -0.140. The number of unbranched alkanes of at least 4 members (excludes halogenated alkanes) is 5. The van der Waals surface area contributed by atoms with E-state index in [1.165, 1.54) is 19.3 Å². The molecule has 0 aliphatic carbocycles. The summed E-state index contributed by atoms with van der Waals surface area (Å²) in [6.07, 6.45) is 9.95. The molecule has 0 radical (unpaired) electrons. The molecule has 2 nitrogen and oxygen atoms in total. The molecule has 0 aromatic carbocycles. The number of halogens is 1. The highest BCUT2D eigenvalue weighted by molar-refractivity contribution is 5.68. The smallest absolute Gasteiger partial charge is 0.305 e. The Bertz CT molecular complexity index is 247. The van der Waals surface area contributed by atoms with Gasteiger partial charge in [-0.2, -0.15) is 0 Å². The molecule has 0 spiro atoms. The third-order valence-electron chi connectivity index (χ3n) is 2.57. The van der Waals surface area contributed by atoms with Crippen LogP contribution in [0.5, 0.6) is 0 Å². The van der Waals surface area contributed by atoms with Gasteiger partial charge in [0.05, 0.1) is 12.9 Å². The lowest BCUT2D eigenvalue weighted by atomic mass is 10.1. The van der Waals surface area contributed by atoms with Gasteiger partial charge in [-0.3, -0.25) is 4.79 Å². The summed E-state index contributed by atoms with van der Waals surface area (Å²) in [5.41, 5.74) is 0. The minimum absolute atomic E-state index is 0.0920. The molecule has 0 saturated heterocycles. The highest BCUT2D eigenvalue weighted by Crippen LogP contribution is 2.13. The van der Waals surface area contributed by atoms with Gasteiger partial charge in [-0.25, -0.2) is 4.39 Å². The molecule has 0 saturated carbocycles. The molecule has 0 fully saturated rings. The first-order valence-electron chi connectivity index (χ1n) is 6.24. The van der Waals surface area contributed by atoms with Crippen molar-refractivity contribution in [3.8, 4) is 0 Å². The maximum atomic E-state index is 12.9. The van der Waals surface area contributed by atoms with Gasteiger partial charge in [0.2, 0.25) is 0 Å². The van der Waals surface area contributed by atoms with E-state index in [1.54, 1.807) is 0 Å². The van der Waals surface area contributed by atoms with Gasteiger partial charge in [-0.05, 0) is 25.3 Å². The van der Waals surface area contributed by atoms with Gasteiger partial charge < -0.3 is 4.74 Å². The third-order valence-corrected chi connectivity index (χ3v) is 2.57. The Hall–Kier alpha value is -1.12. The number of ether oxygens (including phenoxy) is 1. The molecule has 0 aromatic heterocycles. The first-order chi connectivity index (χ1) is 8.20. The third kappa shape index (κ3) is 11.1. The van der Waals surface area contributed by atoms with E-state index in [9.17, 15) is 9.18 Å². The van der Waals surface area contributed by atoms with Crippen molar-refractivity contribution in [3.05, 3.63) is 24.6 Å². The van der Waals surface area contributed by atoms with E-state index in [0.717, 1.165) is 38.5 Å². The molecule has 0 amide bonds. The summed E-state index contributed by atoms with van der Waals surface area (Å²) < 4.78 is 17.4. The first-order valence-corrected chi connectivity index (χ1v) is 6.24. The van der Waals surface area contributed by atoms with Crippen LogP contribution in [-0.2, 0) is 9.53 Å². The zero-order valence-corrected chi connectivity index (χ0v) is 10.7. The van der Waals surface area contributed by atoms with Crippen LogP contribution in [0.25, 0.3) is 0 Å². The number of hydrogen-bond acceptors (Lipinski definition) is 2. The molecule has 98 valence electrons. The summed E-state index contributed by atoms with van der Waals surface area (Å²) in [6, 6.07) is 0. The fourth-order valence-corrected chi connectivity index (χ4v) is 1.58. The van der Waals surface area contributed by atoms with Crippen molar-refractivity contribution in [1.82, 2.24) is 0 Å². The zero-order valence-electron chi connectivity index (χ0n) is 10.7. The quantitative estimate of drug-likeness (QED) is 0.324. The van der Waals surface area contributed by atoms with E-state index in [1.807, 2.05) is 0 Å². The number of carbonyl (C=O) groups excluding carboxylic acids is 1. The number of hydrogen-bond donors (Lipinski definition) is 0. The molecule has 0 aromatic rings. The van der Waals surface area contributed by atoms with Gasteiger partial charge in [0.1, 0.15) is 0 Å². The standard InChI is InChI=1S/C14H23FO2/c1-3-10-13(15)11-8-6-4-5-7-9-12-14(16)17-2/h3,10H,1,4-9,11-12H2,2H3/b13-10+. The highest BCUT2D eigenvalue weighted by atomic mass is 19.1. The molecule has 17 heavy (non-hydrogen) atoms. The van der Waals surface area contributed by atoms with Crippen LogP contribution in [0.3, 0.4) is 0 Å². The van der Waals surface area contributed by atoms with E-state index < -0.39 is 0 Å². The first kappa shape index (κ1) is 15.9. The predicted molar refractivity (Wildman–Crippen MR) is 68.3 cm³/mol. The molecule has 0 rings (SSSR count). The summed E-state index contributed by atoms with van der Waals surface area (Å²) >= 11 is 0. The Morgan fingerprint density at radius 2 is 1.65 bits per heavy atom. The summed E-state index contributed by atoms with van der Waals surface area (Å²) in [7, 11) is 1.41. The van der Waals surface area contributed by atoms with Crippen molar-refractivity contribution in [3.63, 3.8) is 0 Å². The van der Waals surface area contributed by atoms with Crippen molar-refractivity contribution in [2.24, 2.45) is 0 Å². The fraction of sp³-hybridized carbons (Fsp3) is 0.643. The molecule has 0 unspecified atom stereocenters. The van der Waals surface area contributed by atoms with Crippen LogP contribution in [0.2, 0.25) is 0 Å². The maximum absolute atomic E-state index is 12.9. The van der Waals surface area contributed by atoms with E-state index in [2.05, 4.69) is 11.3 Å². The molecule has 0 bridgehead atoms. The van der Waals surface area contributed by atoms with Crippen molar-refractivity contribution < 1.29 is 13.9 Å². The molecule has 3 heteroatoms. The number of methoxy groups -OCH3 is 1. The van der Waals surface area contributed by atoms with E-state index >= 15 is 0 Å². The van der Waals surface area contributed by atoms with Crippen molar-refractivity contribution in [1.29, 1.82) is 0 Å². The second-order valence-electron chi connectivity index (χ2n) is 4.05. The molecular formula is C14H23FO2. The van der Waals surface area contributed by atoms with Gasteiger partial charge in [0, 0.05) is 6.42 Å². The Morgan fingerprint density at radius 3 is 2.18 bits per heavy atom. The van der Waals surface area contributed by atoms with Crippen LogP contribution in [0, 0.1) is 0 Å². The number of esters is 1. The van der Waals surface area contributed by atoms with Gasteiger partial charge in [-0.15, -0.1) is 0 Å². The summed E-state index contributed by atoms with van der Waals surface area (Å²) in [5.74, 6) is -0.229. The molecule has 0 atom stereocenters. The van der Waals surface area contributed by atoms with Gasteiger partial charge in [0.15, 0.2) is 0 Å². The van der Waals surface area contributed by atoms with Crippen LogP contribution < -0.4 is 0 Å². The van der Waals surface area contributed by atoms with Crippen LogP contribution in [0.1, 0.15) is 51.4 Å². The van der Waals surface area contributed by atoms with Crippen molar-refractivity contribution in [2.45, 2.75) is 51.4 Å². The van der Waals surface area contributed by atoms with E-state index in [0.29, 0.717) is 12.8 Å². The van der Waals surface area contributed by atoms with Gasteiger partial charge in [0.25, 0.3) is 0 Å². The molecule has 0 N–H and O–H groups in total. The Labute approximate surface area is 104 Å². The average Bonchev–Trinajstić information content (AvgIpc) is 2.32. The van der Waals surface area contributed by atoms with E-state index in [4.69, 9.17) is 0 Å². The Kier molecular flexibility index (Phi) is 10.6. The minimum atomic E-state index is -0.137. The lowest BCUT2D eigenvalue weighted by Crippen LogP contribution is -1.99. The largest absolute Gasteiger partial charge is 0.469 e. The average molecular weight is 242 g/mol. The topological polar surface area (TPSA) is 26.3 Å². The SMILES string of the molecule is C=C/C=C(/F)CCCCCCCCC(=O)OC. The fourth-order valence-electron chi connectivity index (χ4n) is 1.58. The second-order valence-corrected chi connectivity index (χ2v) is 4.05. The number of rotatable bonds is 10. The van der Waals surface area contributed by atoms with E-state index in [-0.39, 0.29) is 11.8 Å². The molecule has 0 aliphatic heterocycles. The monoisotopic (exact) mass is 242 g/mol. The summed E-state index contributed by atoms with van der Waals surface area (Å²) in [5, 5.41) is 0. The van der Waals surface area contributed by atoms with Crippen LogP contribution in [0.4, 0.5) is 4.39 Å². The maximum Gasteiger partial charge on any atom is 0.305 e. The summed E-state index contributed by atoms with van der Waals surface area (Å²) in [4.78, 5) is 10.8. The van der Waals surface area contributed by atoms with Crippen LogP contribution >= 0.6 is 0 Å². The molecule has 0 heterocycles. The van der Waals surface area contributed by atoms with Crippen LogP contribution in [-0.4, -0.2) is 13.1 Å². The second kappa shape index (κ2) is 11.4. The predicted octanol–water partition coefficient (Wildman–Crippen LogP) is 4.32. The lowest BCUT2D eigenvalue weighted by Gasteiger charge is -2.01. The van der Waals surface area contributed by atoms with Gasteiger partial charge in [-0.1, -0.05) is 38.3 Å². The zero-order chi connectivity index (χ0) is 12.9. The minimum Gasteiger partial charge on any atom is -0.469 e. The highest BCUT2D eigenvalue weighted by Gasteiger charge is 1.99. The Balaban J connectivity index is 3.21. The number of carbonyl (C=O) groups is 1. The Morgan fingerprint density at radius 1 is 1.12 bits per heavy atom. The summed E-state index contributed by atoms with van der Waals surface area (Å²) in [6.45, 7) is 3.45. The molecular weight excluding hydrogens is 219 g/mol. The molecule has 0 aliphatic rings. The van der Waals surface area contributed by atoms with Gasteiger partial charge >= 0.3 is 5.97 Å². The number of allylic oxidation sites excluding steroid dienone is 3. The normalized spacial score (nSPS) is 11.3. The van der Waals surface area contributed by atoms with Crippen molar-refractivity contribution in [2.75, 3.05) is 7.11 Å². The van der Waals surface area contributed by atoms with Crippen LogP contribution in [0.15, 0.2) is 24.6 Å².